The zero-order valence-corrected chi connectivity index (χ0v) is 9.20. The molecule has 1 aliphatic carbocycles. The Morgan fingerprint density at radius 3 is 2.56 bits per heavy atom. The molecular weight excluding hydrogens is 240 g/mol. The average Bonchev–Trinajstić information content (AvgIpc) is 3.09. The predicted octanol–water partition coefficient (Wildman–Crippen LogP) is 1.25. The summed E-state index contributed by atoms with van der Waals surface area (Å²) in [5, 5.41) is 21.8. The van der Waals surface area contributed by atoms with Crippen LogP contribution in [0, 0.1) is 22.0 Å². The Hall–Kier alpha value is -2.44. The Bertz CT molecular complexity index is 528. The van der Waals surface area contributed by atoms with Gasteiger partial charge < -0.3 is 10.4 Å². The molecule has 2 N–H and O–H groups in total. The van der Waals surface area contributed by atoms with Gasteiger partial charge in [0.1, 0.15) is 5.69 Å². The number of carbonyl (C=O) groups is 2. The SMILES string of the molecule is O=C(O)[C@H]1C[C@H]1C(=O)Nc1ccccc1[N+](=O)[O-]. The molecule has 1 saturated carbocycles. The molecule has 7 nitrogen and oxygen atoms in total. The van der Waals surface area contributed by atoms with E-state index in [1.165, 1.54) is 18.2 Å². The van der Waals surface area contributed by atoms with E-state index in [4.69, 9.17) is 5.11 Å². The Balaban J connectivity index is 2.09. The molecule has 2 atom stereocenters. The maximum atomic E-state index is 11.7. The Morgan fingerprint density at radius 2 is 2.00 bits per heavy atom. The smallest absolute Gasteiger partial charge is 0.307 e. The van der Waals surface area contributed by atoms with Gasteiger partial charge in [0.25, 0.3) is 5.69 Å². The minimum Gasteiger partial charge on any atom is -0.481 e. The van der Waals surface area contributed by atoms with Crippen LogP contribution in [-0.4, -0.2) is 21.9 Å². The number of nitrogens with one attached hydrogen (secondary N) is 1. The van der Waals surface area contributed by atoms with Crippen LogP contribution in [0.4, 0.5) is 11.4 Å². The van der Waals surface area contributed by atoms with Crippen LogP contribution in [0.3, 0.4) is 0 Å². The van der Waals surface area contributed by atoms with E-state index < -0.39 is 28.6 Å². The number of benzene rings is 1. The monoisotopic (exact) mass is 250 g/mol. The molecule has 7 heteroatoms. The number of nitro groups is 1. The molecule has 0 spiro atoms. The van der Waals surface area contributed by atoms with Crippen LogP contribution in [-0.2, 0) is 9.59 Å². The van der Waals surface area contributed by atoms with Crippen LogP contribution in [0.25, 0.3) is 0 Å². The van der Waals surface area contributed by atoms with Crippen molar-refractivity contribution in [1.29, 1.82) is 0 Å². The molecule has 0 aromatic heterocycles. The number of rotatable bonds is 4. The quantitative estimate of drug-likeness (QED) is 0.617. The van der Waals surface area contributed by atoms with E-state index in [1.807, 2.05) is 0 Å². The lowest BCUT2D eigenvalue weighted by atomic mass is 10.2. The summed E-state index contributed by atoms with van der Waals surface area (Å²) in [6.45, 7) is 0. The second kappa shape index (κ2) is 4.44. The van der Waals surface area contributed by atoms with Gasteiger partial charge in [0.2, 0.25) is 5.91 Å². The summed E-state index contributed by atoms with van der Waals surface area (Å²) < 4.78 is 0. The van der Waals surface area contributed by atoms with E-state index in [2.05, 4.69) is 5.32 Å². The van der Waals surface area contributed by atoms with Crippen LogP contribution in [0.15, 0.2) is 24.3 Å². The molecule has 0 heterocycles. The van der Waals surface area contributed by atoms with Gasteiger partial charge in [-0.3, -0.25) is 19.7 Å². The van der Waals surface area contributed by atoms with Gasteiger partial charge in [0.05, 0.1) is 16.8 Å². The maximum Gasteiger partial charge on any atom is 0.307 e. The van der Waals surface area contributed by atoms with Gasteiger partial charge in [0, 0.05) is 6.07 Å². The van der Waals surface area contributed by atoms with Gasteiger partial charge in [-0.15, -0.1) is 0 Å². The van der Waals surface area contributed by atoms with Crippen molar-refractivity contribution in [2.24, 2.45) is 11.8 Å². The zero-order chi connectivity index (χ0) is 13.3. The number of carbonyl (C=O) groups excluding carboxylic acids is 1. The number of para-hydroxylation sites is 2. The van der Waals surface area contributed by atoms with Crippen molar-refractivity contribution in [3.05, 3.63) is 34.4 Å². The first-order valence-electron chi connectivity index (χ1n) is 5.28. The Morgan fingerprint density at radius 1 is 1.33 bits per heavy atom. The molecule has 0 aliphatic heterocycles. The van der Waals surface area contributed by atoms with Gasteiger partial charge in [-0.05, 0) is 12.5 Å². The number of anilines is 1. The molecule has 0 bridgehead atoms. The topological polar surface area (TPSA) is 110 Å². The first-order chi connectivity index (χ1) is 8.50. The van der Waals surface area contributed by atoms with Crippen molar-refractivity contribution >= 4 is 23.3 Å². The largest absolute Gasteiger partial charge is 0.481 e. The summed E-state index contributed by atoms with van der Waals surface area (Å²) in [5.74, 6) is -2.77. The molecule has 1 aromatic carbocycles. The lowest BCUT2D eigenvalue weighted by Gasteiger charge is -2.04. The number of aliphatic carboxylic acids is 1. The van der Waals surface area contributed by atoms with Crippen LogP contribution in [0.5, 0.6) is 0 Å². The fourth-order valence-electron chi connectivity index (χ4n) is 1.72. The van der Waals surface area contributed by atoms with E-state index in [0.29, 0.717) is 0 Å². The van der Waals surface area contributed by atoms with Crippen molar-refractivity contribution in [3.63, 3.8) is 0 Å². The highest BCUT2D eigenvalue weighted by molar-refractivity contribution is 5.99. The highest BCUT2D eigenvalue weighted by Crippen LogP contribution is 2.40. The lowest BCUT2D eigenvalue weighted by Crippen LogP contribution is -2.17. The third-order valence-corrected chi connectivity index (χ3v) is 2.80. The van der Waals surface area contributed by atoms with Gasteiger partial charge in [0.15, 0.2) is 0 Å². The van der Waals surface area contributed by atoms with Gasteiger partial charge >= 0.3 is 5.97 Å². The number of nitrogens with zero attached hydrogens (tertiary/aromatic N) is 1. The summed E-state index contributed by atoms with van der Waals surface area (Å²) in [4.78, 5) is 32.4. The molecule has 1 fully saturated rings. The fourth-order valence-corrected chi connectivity index (χ4v) is 1.72. The normalized spacial score (nSPS) is 21.1. The molecule has 94 valence electrons. The van der Waals surface area contributed by atoms with Crippen molar-refractivity contribution < 1.29 is 19.6 Å². The highest BCUT2D eigenvalue weighted by Gasteiger charge is 2.48. The third kappa shape index (κ3) is 2.29. The molecule has 18 heavy (non-hydrogen) atoms. The summed E-state index contributed by atoms with van der Waals surface area (Å²) in [6, 6.07) is 5.74. The highest BCUT2D eigenvalue weighted by atomic mass is 16.6. The zero-order valence-electron chi connectivity index (χ0n) is 9.20. The van der Waals surface area contributed by atoms with Crippen LogP contribution in [0.2, 0.25) is 0 Å². The molecule has 0 unspecified atom stereocenters. The standard InChI is InChI=1S/C11H10N2O5/c14-10(6-5-7(6)11(15)16)12-8-3-1-2-4-9(8)13(17)18/h1-4,6-7H,5H2,(H,12,14)(H,15,16)/t6-,7+/m1/s1. The van der Waals surface area contributed by atoms with Gasteiger partial charge in [-0.2, -0.15) is 0 Å². The first kappa shape index (κ1) is 12.0. The molecule has 1 amide bonds. The van der Waals surface area contributed by atoms with Crippen LogP contribution >= 0.6 is 0 Å². The van der Waals surface area contributed by atoms with Crippen LogP contribution < -0.4 is 5.32 Å². The summed E-state index contributed by atoms with van der Waals surface area (Å²) in [6.07, 6.45) is 0.280. The number of hydrogen-bond donors (Lipinski definition) is 2. The average molecular weight is 250 g/mol. The minimum absolute atomic E-state index is 0.0866. The van der Waals surface area contributed by atoms with E-state index in [1.54, 1.807) is 6.07 Å². The fraction of sp³-hybridized carbons (Fsp3) is 0.273. The number of hydrogen-bond acceptors (Lipinski definition) is 4. The molecule has 1 aromatic rings. The maximum absolute atomic E-state index is 11.7. The number of carboxylic acids is 1. The van der Waals surface area contributed by atoms with E-state index in [0.717, 1.165) is 0 Å². The van der Waals surface area contributed by atoms with Crippen molar-refractivity contribution in [1.82, 2.24) is 0 Å². The van der Waals surface area contributed by atoms with Crippen LogP contribution in [0.1, 0.15) is 6.42 Å². The molecule has 0 radical (unpaired) electrons. The summed E-state index contributed by atoms with van der Waals surface area (Å²) >= 11 is 0. The molecule has 0 saturated heterocycles. The van der Waals surface area contributed by atoms with E-state index in [-0.39, 0.29) is 17.8 Å². The Kier molecular flexibility index (Phi) is 2.97. The number of carboxylic acid groups (broad SMARTS) is 1. The van der Waals surface area contributed by atoms with E-state index in [9.17, 15) is 19.7 Å². The lowest BCUT2D eigenvalue weighted by molar-refractivity contribution is -0.383. The predicted molar refractivity (Wildman–Crippen MR) is 61.0 cm³/mol. The summed E-state index contributed by atoms with van der Waals surface area (Å²) in [5.41, 5.74) is -0.123. The van der Waals surface area contributed by atoms with Crippen molar-refractivity contribution in [3.8, 4) is 0 Å². The number of amides is 1. The first-order valence-corrected chi connectivity index (χ1v) is 5.28. The Labute approximate surface area is 102 Å². The summed E-state index contributed by atoms with van der Waals surface area (Å²) in [7, 11) is 0. The molecular formula is C11H10N2O5. The van der Waals surface area contributed by atoms with Crippen molar-refractivity contribution in [2.45, 2.75) is 6.42 Å². The second-order valence-corrected chi connectivity index (χ2v) is 4.05. The molecule has 2 rings (SSSR count). The molecule has 1 aliphatic rings. The van der Waals surface area contributed by atoms with Gasteiger partial charge in [-0.25, -0.2) is 0 Å². The minimum atomic E-state index is -1.02. The number of nitro benzene ring substituents is 1. The van der Waals surface area contributed by atoms with Crippen molar-refractivity contribution in [2.75, 3.05) is 5.32 Å². The second-order valence-electron chi connectivity index (χ2n) is 4.05. The third-order valence-electron chi connectivity index (χ3n) is 2.80. The van der Waals surface area contributed by atoms with Gasteiger partial charge in [-0.1, -0.05) is 12.1 Å². The van der Waals surface area contributed by atoms with E-state index >= 15 is 0 Å².